The molecule has 1 atom stereocenters. The van der Waals surface area contributed by atoms with Crippen molar-refractivity contribution in [1.82, 2.24) is 4.90 Å². The van der Waals surface area contributed by atoms with Gasteiger partial charge in [0.05, 0.1) is 0 Å². The fraction of sp³-hybridized carbons (Fsp3) is 0.500. The molecule has 0 aromatic heterocycles. The number of carbonyl (C=O) groups is 2. The SMILES string of the molecule is CCC(C)c1ccc(C(=O)CCC(=O)N(C)C)cc1. The molecule has 1 aromatic rings. The van der Waals surface area contributed by atoms with Gasteiger partial charge in [0.15, 0.2) is 5.78 Å². The van der Waals surface area contributed by atoms with Crippen LogP contribution in [0, 0.1) is 0 Å². The van der Waals surface area contributed by atoms with E-state index in [4.69, 9.17) is 0 Å². The number of benzene rings is 1. The molecule has 0 aliphatic rings. The van der Waals surface area contributed by atoms with Crippen molar-refractivity contribution >= 4 is 11.7 Å². The third-order valence-electron chi connectivity index (χ3n) is 3.48. The molecule has 3 heteroatoms. The summed E-state index contributed by atoms with van der Waals surface area (Å²) in [6, 6.07) is 7.75. The minimum absolute atomic E-state index is 0.00965. The first-order valence-corrected chi connectivity index (χ1v) is 6.79. The van der Waals surface area contributed by atoms with Crippen molar-refractivity contribution in [3.05, 3.63) is 35.4 Å². The second kappa shape index (κ2) is 7.07. The van der Waals surface area contributed by atoms with Crippen LogP contribution in [-0.4, -0.2) is 30.7 Å². The summed E-state index contributed by atoms with van der Waals surface area (Å²) in [4.78, 5) is 24.9. The Balaban J connectivity index is 2.61. The van der Waals surface area contributed by atoms with Crippen LogP contribution in [0.1, 0.15) is 54.9 Å². The molecule has 0 aliphatic carbocycles. The summed E-state index contributed by atoms with van der Waals surface area (Å²) in [5.74, 6) is 0.537. The molecule has 0 radical (unpaired) electrons. The molecule has 0 N–H and O–H groups in total. The van der Waals surface area contributed by atoms with E-state index < -0.39 is 0 Å². The van der Waals surface area contributed by atoms with E-state index in [1.54, 1.807) is 14.1 Å². The molecule has 0 spiro atoms. The Morgan fingerprint density at radius 2 is 1.68 bits per heavy atom. The predicted molar refractivity (Wildman–Crippen MR) is 77.4 cm³/mol. The van der Waals surface area contributed by atoms with E-state index >= 15 is 0 Å². The van der Waals surface area contributed by atoms with Crippen molar-refractivity contribution in [3.63, 3.8) is 0 Å². The quantitative estimate of drug-likeness (QED) is 0.737. The highest BCUT2D eigenvalue weighted by molar-refractivity contribution is 5.97. The number of hydrogen-bond acceptors (Lipinski definition) is 2. The van der Waals surface area contributed by atoms with Crippen LogP contribution in [0.5, 0.6) is 0 Å². The molecule has 1 unspecified atom stereocenters. The van der Waals surface area contributed by atoms with Crippen LogP contribution in [0.15, 0.2) is 24.3 Å². The third-order valence-corrected chi connectivity index (χ3v) is 3.48. The molecule has 0 saturated heterocycles. The van der Waals surface area contributed by atoms with Crippen molar-refractivity contribution < 1.29 is 9.59 Å². The largest absolute Gasteiger partial charge is 0.349 e. The molecular weight excluding hydrogens is 238 g/mol. The normalized spacial score (nSPS) is 12.0. The molecule has 104 valence electrons. The molecule has 3 nitrogen and oxygen atoms in total. The smallest absolute Gasteiger partial charge is 0.222 e. The first-order valence-electron chi connectivity index (χ1n) is 6.79. The highest BCUT2D eigenvalue weighted by Gasteiger charge is 2.11. The van der Waals surface area contributed by atoms with Gasteiger partial charge < -0.3 is 4.90 Å². The maximum absolute atomic E-state index is 12.0. The maximum atomic E-state index is 12.0. The molecule has 0 fully saturated rings. The van der Waals surface area contributed by atoms with Crippen LogP contribution >= 0.6 is 0 Å². The Hall–Kier alpha value is -1.64. The monoisotopic (exact) mass is 261 g/mol. The van der Waals surface area contributed by atoms with Gasteiger partial charge in [0.2, 0.25) is 5.91 Å². The standard InChI is InChI=1S/C16H23NO2/c1-5-12(2)13-6-8-14(9-7-13)15(18)10-11-16(19)17(3)4/h6-9,12H,5,10-11H2,1-4H3. The van der Waals surface area contributed by atoms with Crippen molar-refractivity contribution in [2.45, 2.75) is 39.0 Å². The van der Waals surface area contributed by atoms with Crippen LogP contribution in [0.2, 0.25) is 0 Å². The summed E-state index contributed by atoms with van der Waals surface area (Å²) in [6.45, 7) is 4.32. The Kier molecular flexibility index (Phi) is 5.74. The van der Waals surface area contributed by atoms with Gasteiger partial charge in [0, 0.05) is 32.5 Å². The second-order valence-electron chi connectivity index (χ2n) is 5.14. The van der Waals surface area contributed by atoms with E-state index in [9.17, 15) is 9.59 Å². The van der Waals surface area contributed by atoms with Crippen LogP contribution in [0.25, 0.3) is 0 Å². The number of hydrogen-bond donors (Lipinski definition) is 0. The fourth-order valence-electron chi connectivity index (χ4n) is 1.82. The molecule has 0 aliphatic heterocycles. The summed E-state index contributed by atoms with van der Waals surface area (Å²) in [7, 11) is 3.40. The highest BCUT2D eigenvalue weighted by Crippen LogP contribution is 2.19. The molecule has 1 aromatic carbocycles. The fourth-order valence-corrected chi connectivity index (χ4v) is 1.82. The number of amides is 1. The molecule has 0 saturated carbocycles. The van der Waals surface area contributed by atoms with Crippen LogP contribution in [0.3, 0.4) is 0 Å². The van der Waals surface area contributed by atoms with Gasteiger partial charge in [-0.25, -0.2) is 0 Å². The molecule has 0 bridgehead atoms. The number of carbonyl (C=O) groups excluding carboxylic acids is 2. The van der Waals surface area contributed by atoms with Gasteiger partial charge in [-0.2, -0.15) is 0 Å². The minimum atomic E-state index is -0.00965. The average molecular weight is 261 g/mol. The van der Waals surface area contributed by atoms with Crippen molar-refractivity contribution in [2.75, 3.05) is 14.1 Å². The Bertz CT molecular complexity index is 435. The first kappa shape index (κ1) is 15.4. The number of ketones is 1. The van der Waals surface area contributed by atoms with E-state index in [0.717, 1.165) is 6.42 Å². The Labute approximate surface area is 115 Å². The van der Waals surface area contributed by atoms with E-state index in [0.29, 0.717) is 11.5 Å². The average Bonchev–Trinajstić information content (AvgIpc) is 2.43. The zero-order valence-corrected chi connectivity index (χ0v) is 12.3. The summed E-state index contributed by atoms with van der Waals surface area (Å²) in [5.41, 5.74) is 1.95. The van der Waals surface area contributed by atoms with Gasteiger partial charge in [0.25, 0.3) is 0 Å². The number of rotatable bonds is 6. The molecule has 1 amide bonds. The lowest BCUT2D eigenvalue weighted by Crippen LogP contribution is -2.22. The van der Waals surface area contributed by atoms with E-state index in [1.165, 1.54) is 10.5 Å². The van der Waals surface area contributed by atoms with Gasteiger partial charge in [-0.3, -0.25) is 9.59 Å². The number of nitrogens with zero attached hydrogens (tertiary/aromatic N) is 1. The van der Waals surface area contributed by atoms with E-state index in [-0.39, 0.29) is 24.5 Å². The van der Waals surface area contributed by atoms with Gasteiger partial charge in [-0.1, -0.05) is 38.1 Å². The van der Waals surface area contributed by atoms with Crippen molar-refractivity contribution in [2.24, 2.45) is 0 Å². The van der Waals surface area contributed by atoms with Gasteiger partial charge in [0.1, 0.15) is 0 Å². The summed E-state index contributed by atoms with van der Waals surface area (Å²) < 4.78 is 0. The van der Waals surface area contributed by atoms with Gasteiger partial charge >= 0.3 is 0 Å². The summed E-state index contributed by atoms with van der Waals surface area (Å²) >= 11 is 0. The van der Waals surface area contributed by atoms with Gasteiger partial charge in [-0.05, 0) is 17.9 Å². The first-order chi connectivity index (χ1) is 8.95. The zero-order valence-electron chi connectivity index (χ0n) is 12.3. The zero-order chi connectivity index (χ0) is 14.4. The third kappa shape index (κ3) is 4.51. The number of Topliss-reactive ketones (excluding diaryl/α,β-unsaturated/α-hetero) is 1. The lowest BCUT2D eigenvalue weighted by molar-refractivity contribution is -0.128. The Morgan fingerprint density at radius 1 is 1.11 bits per heavy atom. The summed E-state index contributed by atoms with van der Waals surface area (Å²) in [5, 5.41) is 0. The molecule has 1 rings (SSSR count). The molecular formula is C16H23NO2. The topological polar surface area (TPSA) is 37.4 Å². The van der Waals surface area contributed by atoms with E-state index in [1.807, 2.05) is 24.3 Å². The van der Waals surface area contributed by atoms with Gasteiger partial charge in [-0.15, -0.1) is 0 Å². The molecule has 19 heavy (non-hydrogen) atoms. The van der Waals surface area contributed by atoms with Crippen LogP contribution in [0.4, 0.5) is 0 Å². The van der Waals surface area contributed by atoms with Crippen molar-refractivity contribution in [3.8, 4) is 0 Å². The summed E-state index contributed by atoms with van der Waals surface area (Å²) in [6.07, 6.45) is 1.64. The maximum Gasteiger partial charge on any atom is 0.222 e. The van der Waals surface area contributed by atoms with Crippen LogP contribution < -0.4 is 0 Å². The second-order valence-corrected chi connectivity index (χ2v) is 5.14. The molecule has 0 heterocycles. The van der Waals surface area contributed by atoms with E-state index in [2.05, 4.69) is 13.8 Å². The Morgan fingerprint density at radius 3 is 2.16 bits per heavy atom. The predicted octanol–water partition coefficient (Wildman–Crippen LogP) is 3.25. The lowest BCUT2D eigenvalue weighted by Gasteiger charge is -2.10. The highest BCUT2D eigenvalue weighted by atomic mass is 16.2. The lowest BCUT2D eigenvalue weighted by atomic mass is 9.96. The van der Waals surface area contributed by atoms with Crippen LogP contribution in [-0.2, 0) is 4.79 Å². The van der Waals surface area contributed by atoms with Crippen molar-refractivity contribution in [1.29, 1.82) is 0 Å². The minimum Gasteiger partial charge on any atom is -0.349 e.